The van der Waals surface area contributed by atoms with Crippen LogP contribution in [-0.2, 0) is 15.1 Å². The Kier molecular flexibility index (Phi) is 6.04. The Morgan fingerprint density at radius 3 is 1.79 bits per heavy atom. The molecule has 0 radical (unpaired) electrons. The number of aliphatic hydroxyl groups is 2. The van der Waals surface area contributed by atoms with Crippen molar-refractivity contribution in [1.82, 2.24) is 0 Å². The zero-order chi connectivity index (χ0) is 20.9. The largest absolute Gasteiger partial charge is 0.515 e. The summed E-state index contributed by atoms with van der Waals surface area (Å²) in [5.41, 5.74) is -1.22. The molecule has 0 unspecified atom stereocenters. The Bertz CT molecular complexity index is 952. The normalized spacial score (nSPS) is 11.9. The third kappa shape index (κ3) is 4.33. The smallest absolute Gasteiger partial charge is 0.348 e. The maximum atomic E-state index is 13.3. The number of esters is 1. The van der Waals surface area contributed by atoms with Gasteiger partial charge in [-0.25, -0.2) is 13.6 Å². The van der Waals surface area contributed by atoms with Crippen LogP contribution in [0.25, 0.3) is 5.57 Å². The average molecular weight is 396 g/mol. The summed E-state index contributed by atoms with van der Waals surface area (Å²) in [5.74, 6) is -2.14. The van der Waals surface area contributed by atoms with Gasteiger partial charge < -0.3 is 14.9 Å². The van der Waals surface area contributed by atoms with Crippen LogP contribution in [0.3, 0.4) is 0 Å². The SMILES string of the molecule is O=C(OCC(=CO)c1ccccc1)C(O)(c1ccc(F)cc1)c1ccc(F)cc1. The molecule has 0 atom stereocenters. The van der Waals surface area contributed by atoms with E-state index in [4.69, 9.17) is 4.74 Å². The van der Waals surface area contributed by atoms with Crippen molar-refractivity contribution in [2.75, 3.05) is 6.61 Å². The molecule has 0 aromatic heterocycles. The lowest BCUT2D eigenvalue weighted by molar-refractivity contribution is -0.160. The Hall–Kier alpha value is -3.51. The maximum absolute atomic E-state index is 13.3. The minimum Gasteiger partial charge on any atom is -0.515 e. The molecular formula is C23H18F2O4. The van der Waals surface area contributed by atoms with Gasteiger partial charge in [0, 0.05) is 5.57 Å². The third-order valence-electron chi connectivity index (χ3n) is 4.48. The van der Waals surface area contributed by atoms with Crippen LogP contribution in [0.1, 0.15) is 16.7 Å². The van der Waals surface area contributed by atoms with E-state index in [9.17, 15) is 23.8 Å². The summed E-state index contributed by atoms with van der Waals surface area (Å²) in [6.07, 6.45) is 0.817. The zero-order valence-corrected chi connectivity index (χ0v) is 15.3. The minimum absolute atomic E-state index is 0.0600. The molecule has 0 aliphatic rings. The number of rotatable bonds is 6. The summed E-state index contributed by atoms with van der Waals surface area (Å²) >= 11 is 0. The molecule has 0 spiro atoms. The monoisotopic (exact) mass is 396 g/mol. The average Bonchev–Trinajstić information content (AvgIpc) is 2.75. The van der Waals surface area contributed by atoms with Gasteiger partial charge in [0.15, 0.2) is 0 Å². The first-order chi connectivity index (χ1) is 13.9. The van der Waals surface area contributed by atoms with E-state index in [1.807, 2.05) is 0 Å². The van der Waals surface area contributed by atoms with E-state index in [2.05, 4.69) is 0 Å². The van der Waals surface area contributed by atoms with Crippen LogP contribution >= 0.6 is 0 Å². The number of hydrogen-bond acceptors (Lipinski definition) is 4. The van der Waals surface area contributed by atoms with Crippen molar-refractivity contribution >= 4 is 11.5 Å². The van der Waals surface area contributed by atoms with Crippen molar-refractivity contribution in [2.24, 2.45) is 0 Å². The van der Waals surface area contributed by atoms with Gasteiger partial charge in [0.2, 0.25) is 5.60 Å². The molecule has 29 heavy (non-hydrogen) atoms. The van der Waals surface area contributed by atoms with Crippen LogP contribution in [0.4, 0.5) is 8.78 Å². The number of halogens is 2. The molecule has 3 rings (SSSR count). The van der Waals surface area contributed by atoms with Gasteiger partial charge in [0.05, 0.1) is 6.26 Å². The van der Waals surface area contributed by atoms with E-state index in [1.54, 1.807) is 30.3 Å². The number of carbonyl (C=O) groups is 1. The number of hydrogen-bond donors (Lipinski definition) is 2. The van der Waals surface area contributed by atoms with E-state index in [0.29, 0.717) is 11.1 Å². The minimum atomic E-state index is -2.29. The van der Waals surface area contributed by atoms with Gasteiger partial charge >= 0.3 is 5.97 Å². The van der Waals surface area contributed by atoms with E-state index < -0.39 is 23.2 Å². The highest BCUT2D eigenvalue weighted by Gasteiger charge is 2.42. The molecule has 0 fully saturated rings. The summed E-state index contributed by atoms with van der Waals surface area (Å²) in [6.45, 7) is -0.315. The second-order valence-corrected chi connectivity index (χ2v) is 6.32. The first kappa shape index (κ1) is 20.2. The Balaban J connectivity index is 1.92. The van der Waals surface area contributed by atoms with Crippen LogP contribution in [0.5, 0.6) is 0 Å². The van der Waals surface area contributed by atoms with Crippen LogP contribution in [0.2, 0.25) is 0 Å². The molecule has 0 aliphatic carbocycles. The maximum Gasteiger partial charge on any atom is 0.348 e. The molecule has 0 aliphatic heterocycles. The van der Waals surface area contributed by atoms with E-state index in [-0.39, 0.29) is 17.7 Å². The van der Waals surface area contributed by atoms with Crippen LogP contribution in [-0.4, -0.2) is 22.8 Å². The highest BCUT2D eigenvalue weighted by Crippen LogP contribution is 2.32. The quantitative estimate of drug-likeness (QED) is 0.480. The molecule has 3 aromatic rings. The molecule has 0 saturated heterocycles. The Morgan fingerprint density at radius 2 is 1.34 bits per heavy atom. The fourth-order valence-corrected chi connectivity index (χ4v) is 2.88. The second kappa shape index (κ2) is 8.67. The summed E-state index contributed by atoms with van der Waals surface area (Å²) in [4.78, 5) is 12.9. The van der Waals surface area contributed by atoms with Crippen molar-refractivity contribution in [2.45, 2.75) is 5.60 Å². The van der Waals surface area contributed by atoms with Crippen LogP contribution < -0.4 is 0 Å². The molecule has 2 N–H and O–H groups in total. The lowest BCUT2D eigenvalue weighted by atomic mass is 9.86. The van der Waals surface area contributed by atoms with Crippen molar-refractivity contribution in [3.05, 3.63) is 113 Å². The van der Waals surface area contributed by atoms with E-state index >= 15 is 0 Å². The molecular weight excluding hydrogens is 378 g/mol. The molecule has 0 saturated carbocycles. The molecule has 0 bridgehead atoms. The molecule has 148 valence electrons. The summed E-state index contributed by atoms with van der Waals surface area (Å²) in [6, 6.07) is 18.2. The van der Waals surface area contributed by atoms with Gasteiger partial charge in [-0.1, -0.05) is 54.6 Å². The number of aliphatic hydroxyl groups excluding tert-OH is 1. The fraction of sp³-hybridized carbons (Fsp3) is 0.0870. The molecule has 6 heteroatoms. The predicted octanol–water partition coefficient (Wildman–Crippen LogP) is 4.34. The lowest BCUT2D eigenvalue weighted by Gasteiger charge is -2.27. The topological polar surface area (TPSA) is 66.8 Å². The molecule has 4 nitrogen and oxygen atoms in total. The van der Waals surface area contributed by atoms with Gasteiger partial charge in [-0.2, -0.15) is 0 Å². The van der Waals surface area contributed by atoms with Crippen molar-refractivity contribution in [3.8, 4) is 0 Å². The van der Waals surface area contributed by atoms with E-state index in [0.717, 1.165) is 30.5 Å². The number of benzene rings is 3. The van der Waals surface area contributed by atoms with Gasteiger partial charge in [-0.05, 0) is 41.0 Å². The van der Waals surface area contributed by atoms with Crippen molar-refractivity contribution in [3.63, 3.8) is 0 Å². The molecule has 0 amide bonds. The zero-order valence-electron chi connectivity index (χ0n) is 15.3. The summed E-state index contributed by atoms with van der Waals surface area (Å²) < 4.78 is 32.0. The van der Waals surface area contributed by atoms with Crippen molar-refractivity contribution < 1.29 is 28.5 Å². The van der Waals surface area contributed by atoms with Gasteiger partial charge in [0.1, 0.15) is 18.2 Å². The number of carbonyl (C=O) groups excluding carboxylic acids is 1. The van der Waals surface area contributed by atoms with Crippen LogP contribution in [0, 0.1) is 11.6 Å². The summed E-state index contributed by atoms with van der Waals surface area (Å²) in [7, 11) is 0. The second-order valence-electron chi connectivity index (χ2n) is 6.32. The van der Waals surface area contributed by atoms with Gasteiger partial charge in [-0.3, -0.25) is 0 Å². The molecule has 0 heterocycles. The summed E-state index contributed by atoms with van der Waals surface area (Å²) in [5, 5.41) is 20.8. The predicted molar refractivity (Wildman–Crippen MR) is 104 cm³/mol. The standard InChI is InChI=1S/C23H18F2O4/c24-20-10-6-18(7-11-20)23(28,19-8-12-21(25)13-9-19)22(27)29-15-17(14-26)16-4-2-1-3-5-16/h1-14,26,28H,15H2. The van der Waals surface area contributed by atoms with Crippen molar-refractivity contribution in [1.29, 1.82) is 0 Å². The highest BCUT2D eigenvalue weighted by molar-refractivity contribution is 5.86. The fourth-order valence-electron chi connectivity index (χ4n) is 2.88. The van der Waals surface area contributed by atoms with Gasteiger partial charge in [0.25, 0.3) is 0 Å². The van der Waals surface area contributed by atoms with Gasteiger partial charge in [-0.15, -0.1) is 0 Å². The number of ether oxygens (including phenoxy) is 1. The van der Waals surface area contributed by atoms with E-state index in [1.165, 1.54) is 24.3 Å². The third-order valence-corrected chi connectivity index (χ3v) is 4.48. The Morgan fingerprint density at radius 1 is 0.862 bits per heavy atom. The first-order valence-corrected chi connectivity index (χ1v) is 8.75. The lowest BCUT2D eigenvalue weighted by Crippen LogP contribution is -2.39. The first-order valence-electron chi connectivity index (χ1n) is 8.75. The van der Waals surface area contributed by atoms with Crippen LogP contribution in [0.15, 0.2) is 85.1 Å². The molecule has 3 aromatic carbocycles. The Labute approximate surface area is 166 Å². The highest BCUT2D eigenvalue weighted by atomic mass is 19.1.